The maximum absolute atomic E-state index is 12.4. The van der Waals surface area contributed by atoms with Gasteiger partial charge in [-0.2, -0.15) is 0 Å². The van der Waals surface area contributed by atoms with Crippen LogP contribution >= 0.6 is 0 Å². The molecule has 0 bridgehead atoms. The van der Waals surface area contributed by atoms with Crippen molar-refractivity contribution >= 4 is 11.8 Å². The lowest BCUT2D eigenvalue weighted by molar-refractivity contribution is 0.0532. The Hall–Kier alpha value is -1.72. The third-order valence-corrected chi connectivity index (χ3v) is 4.41. The van der Waals surface area contributed by atoms with E-state index in [1.807, 2.05) is 0 Å². The predicted octanol–water partition coefficient (Wildman–Crippen LogP) is 1.30. The molecule has 21 heavy (non-hydrogen) atoms. The molecule has 0 saturated carbocycles. The van der Waals surface area contributed by atoms with Crippen LogP contribution in [0.15, 0.2) is 24.3 Å². The van der Waals surface area contributed by atoms with Gasteiger partial charge in [0.25, 0.3) is 11.8 Å². The van der Waals surface area contributed by atoms with E-state index in [1.165, 1.54) is 11.3 Å². The molecule has 2 N–H and O–H groups in total. The summed E-state index contributed by atoms with van der Waals surface area (Å²) in [5, 5.41) is 0. The topological polar surface area (TPSA) is 66.6 Å². The maximum Gasteiger partial charge on any atom is 0.262 e. The summed E-state index contributed by atoms with van der Waals surface area (Å²) < 4.78 is 0. The van der Waals surface area contributed by atoms with Gasteiger partial charge in [0, 0.05) is 6.54 Å². The molecule has 2 amide bonds. The van der Waals surface area contributed by atoms with Crippen molar-refractivity contribution in [1.29, 1.82) is 0 Å². The third kappa shape index (κ3) is 2.71. The molecule has 2 heterocycles. The lowest BCUT2D eigenvalue weighted by Gasteiger charge is -2.27. The first-order valence-corrected chi connectivity index (χ1v) is 7.58. The Balaban J connectivity index is 1.74. The van der Waals surface area contributed by atoms with Crippen molar-refractivity contribution in [2.24, 2.45) is 11.7 Å². The molecule has 1 aromatic rings. The van der Waals surface area contributed by atoms with Crippen LogP contribution in [0.25, 0.3) is 0 Å². The van der Waals surface area contributed by atoms with E-state index in [0.29, 0.717) is 30.3 Å². The summed E-state index contributed by atoms with van der Waals surface area (Å²) in [6.45, 7) is 2.83. The van der Waals surface area contributed by atoms with Gasteiger partial charge in [-0.15, -0.1) is 0 Å². The van der Waals surface area contributed by atoms with Crippen molar-refractivity contribution in [3.8, 4) is 0 Å². The van der Waals surface area contributed by atoms with Gasteiger partial charge < -0.3 is 5.73 Å². The molecule has 5 heteroatoms. The molecule has 2 aliphatic heterocycles. The molecule has 3 rings (SSSR count). The summed E-state index contributed by atoms with van der Waals surface area (Å²) in [5.74, 6) is 0.107. The van der Waals surface area contributed by atoms with Crippen LogP contribution in [0.4, 0.5) is 0 Å². The molecule has 2 aliphatic rings. The molecule has 1 aromatic carbocycles. The Kier molecular flexibility index (Phi) is 4.03. The van der Waals surface area contributed by atoms with E-state index in [9.17, 15) is 9.59 Å². The Morgan fingerprint density at radius 1 is 1.10 bits per heavy atom. The first kappa shape index (κ1) is 14.2. The van der Waals surface area contributed by atoms with Crippen molar-refractivity contribution in [3.63, 3.8) is 0 Å². The van der Waals surface area contributed by atoms with Crippen LogP contribution in [0, 0.1) is 5.92 Å². The van der Waals surface area contributed by atoms with E-state index in [2.05, 4.69) is 4.90 Å². The van der Waals surface area contributed by atoms with Gasteiger partial charge in [-0.05, 0) is 44.0 Å². The van der Waals surface area contributed by atoms with E-state index in [0.717, 1.165) is 25.9 Å². The van der Waals surface area contributed by atoms with Crippen molar-refractivity contribution in [3.05, 3.63) is 35.4 Å². The summed E-state index contributed by atoms with van der Waals surface area (Å²) in [4.78, 5) is 28.3. The Labute approximate surface area is 124 Å². The largest absolute Gasteiger partial charge is 0.330 e. The van der Waals surface area contributed by atoms with Gasteiger partial charge in [-0.3, -0.25) is 19.4 Å². The number of hydrogen-bond acceptors (Lipinski definition) is 4. The normalized spacial score (nSPS) is 23.3. The molecule has 1 unspecified atom stereocenters. The monoisotopic (exact) mass is 287 g/mol. The lowest BCUT2D eigenvalue weighted by Crippen LogP contribution is -2.43. The molecule has 0 spiro atoms. The van der Waals surface area contributed by atoms with Gasteiger partial charge in [-0.1, -0.05) is 18.6 Å². The molecule has 5 nitrogen and oxygen atoms in total. The molecule has 0 aliphatic carbocycles. The minimum Gasteiger partial charge on any atom is -0.330 e. The van der Waals surface area contributed by atoms with Crippen molar-refractivity contribution < 1.29 is 9.59 Å². The number of nitrogens with two attached hydrogens (primary N) is 1. The number of hydrogen-bond donors (Lipinski definition) is 1. The summed E-state index contributed by atoms with van der Waals surface area (Å²) >= 11 is 0. The molecule has 0 aromatic heterocycles. The zero-order valence-corrected chi connectivity index (χ0v) is 12.1. The number of rotatable bonds is 3. The van der Waals surface area contributed by atoms with Gasteiger partial charge in [0.2, 0.25) is 0 Å². The van der Waals surface area contributed by atoms with Crippen LogP contribution in [0.5, 0.6) is 0 Å². The molecular weight excluding hydrogens is 266 g/mol. The minimum atomic E-state index is -0.177. The van der Waals surface area contributed by atoms with Crippen molar-refractivity contribution in [2.45, 2.75) is 19.3 Å². The minimum absolute atomic E-state index is 0.177. The van der Waals surface area contributed by atoms with E-state index < -0.39 is 0 Å². The maximum atomic E-state index is 12.4. The van der Waals surface area contributed by atoms with Crippen LogP contribution < -0.4 is 5.73 Å². The van der Waals surface area contributed by atoms with Crippen LogP contribution in [0.2, 0.25) is 0 Å². The van der Waals surface area contributed by atoms with Crippen LogP contribution in [-0.4, -0.2) is 47.9 Å². The highest BCUT2D eigenvalue weighted by molar-refractivity contribution is 6.21. The second-order valence-corrected chi connectivity index (χ2v) is 5.90. The number of benzene rings is 1. The van der Waals surface area contributed by atoms with E-state index in [-0.39, 0.29) is 11.8 Å². The number of fused-ring (bicyclic) bond motifs is 1. The van der Waals surface area contributed by atoms with E-state index in [1.54, 1.807) is 24.3 Å². The number of imide groups is 1. The highest BCUT2D eigenvalue weighted by Gasteiger charge is 2.36. The van der Waals surface area contributed by atoms with Crippen LogP contribution in [0.1, 0.15) is 40.0 Å². The van der Waals surface area contributed by atoms with E-state index >= 15 is 0 Å². The van der Waals surface area contributed by atoms with Gasteiger partial charge in [0.05, 0.1) is 17.8 Å². The second kappa shape index (κ2) is 5.95. The summed E-state index contributed by atoms with van der Waals surface area (Å²) in [5.41, 5.74) is 6.83. The first-order valence-electron chi connectivity index (χ1n) is 7.58. The summed E-state index contributed by atoms with van der Waals surface area (Å²) in [7, 11) is 0. The molecular formula is C16H21N3O2. The molecule has 1 fully saturated rings. The number of amides is 2. The van der Waals surface area contributed by atoms with Gasteiger partial charge >= 0.3 is 0 Å². The molecule has 1 atom stereocenters. The Morgan fingerprint density at radius 2 is 1.76 bits per heavy atom. The lowest BCUT2D eigenvalue weighted by atomic mass is 10.0. The first-order chi connectivity index (χ1) is 10.2. The number of nitrogens with zero attached hydrogens (tertiary/aromatic N) is 2. The Bertz CT molecular complexity index is 523. The van der Waals surface area contributed by atoms with Crippen LogP contribution in [-0.2, 0) is 0 Å². The quantitative estimate of drug-likeness (QED) is 0.851. The second-order valence-electron chi connectivity index (χ2n) is 5.90. The number of carbonyl (C=O) groups is 2. The standard InChI is InChI=1S/C16H21N3O2/c17-9-12-5-3-4-8-18(10-12)11-19-15(20)13-6-1-2-7-14(13)16(19)21/h1-2,6-7,12H,3-5,8-11,17H2. The Morgan fingerprint density at radius 3 is 2.38 bits per heavy atom. The number of carbonyl (C=O) groups excluding carboxylic acids is 2. The van der Waals surface area contributed by atoms with Crippen molar-refractivity contribution in [1.82, 2.24) is 9.80 Å². The molecule has 0 radical (unpaired) electrons. The average molecular weight is 287 g/mol. The van der Waals surface area contributed by atoms with Gasteiger partial charge in [0.1, 0.15) is 0 Å². The summed E-state index contributed by atoms with van der Waals surface area (Å²) in [6, 6.07) is 7.04. The molecule has 1 saturated heterocycles. The third-order valence-electron chi connectivity index (χ3n) is 4.41. The smallest absolute Gasteiger partial charge is 0.262 e. The average Bonchev–Trinajstić information content (AvgIpc) is 2.69. The zero-order chi connectivity index (χ0) is 14.8. The van der Waals surface area contributed by atoms with Gasteiger partial charge in [-0.25, -0.2) is 0 Å². The molecule has 112 valence electrons. The highest BCUT2D eigenvalue weighted by atomic mass is 16.2. The van der Waals surface area contributed by atoms with Crippen molar-refractivity contribution in [2.75, 3.05) is 26.3 Å². The van der Waals surface area contributed by atoms with Crippen LogP contribution in [0.3, 0.4) is 0 Å². The number of likely N-dealkylation sites (tertiary alicyclic amines) is 1. The van der Waals surface area contributed by atoms with Gasteiger partial charge in [0.15, 0.2) is 0 Å². The fraction of sp³-hybridized carbons (Fsp3) is 0.500. The zero-order valence-electron chi connectivity index (χ0n) is 12.1. The summed E-state index contributed by atoms with van der Waals surface area (Å²) in [6.07, 6.45) is 3.40. The SMILES string of the molecule is NCC1CCCCN(CN2C(=O)c3ccccc3C2=O)C1. The highest BCUT2D eigenvalue weighted by Crippen LogP contribution is 2.24. The van der Waals surface area contributed by atoms with E-state index in [4.69, 9.17) is 5.73 Å². The predicted molar refractivity (Wildman–Crippen MR) is 79.8 cm³/mol. The fourth-order valence-electron chi connectivity index (χ4n) is 3.20. The fourth-order valence-corrected chi connectivity index (χ4v) is 3.20.